The zero-order valence-corrected chi connectivity index (χ0v) is 9.91. The third-order valence-corrected chi connectivity index (χ3v) is 3.05. The van der Waals surface area contributed by atoms with Gasteiger partial charge in [0.1, 0.15) is 0 Å². The van der Waals surface area contributed by atoms with Crippen molar-refractivity contribution < 1.29 is 0 Å². The highest BCUT2D eigenvalue weighted by Crippen LogP contribution is 2.11. The summed E-state index contributed by atoms with van der Waals surface area (Å²) < 4.78 is 1.75. The van der Waals surface area contributed by atoms with Crippen LogP contribution in [0.4, 0.5) is 0 Å². The summed E-state index contributed by atoms with van der Waals surface area (Å²) in [6.45, 7) is 0.616. The first-order valence-corrected chi connectivity index (χ1v) is 5.96. The number of pyridine rings is 1. The van der Waals surface area contributed by atoms with Crippen LogP contribution in [-0.2, 0) is 6.54 Å². The van der Waals surface area contributed by atoms with Gasteiger partial charge in [0.25, 0.3) is 5.56 Å². The number of hydrogen-bond donors (Lipinski definition) is 0. The van der Waals surface area contributed by atoms with E-state index in [2.05, 4.69) is 0 Å². The molecule has 2 aromatic carbocycles. The molecule has 0 radical (unpaired) electrons. The van der Waals surface area contributed by atoms with Crippen molar-refractivity contribution in [1.29, 1.82) is 0 Å². The molecule has 3 rings (SSSR count). The Hall–Kier alpha value is -2.35. The predicted octanol–water partition coefficient (Wildman–Crippen LogP) is 3.05. The van der Waals surface area contributed by atoms with E-state index in [0.29, 0.717) is 6.54 Å². The Labute approximate surface area is 105 Å². The fraction of sp³-hybridized carbons (Fsp3) is 0.0625. The van der Waals surface area contributed by atoms with Gasteiger partial charge in [-0.05, 0) is 16.3 Å². The molecule has 0 saturated carbocycles. The molecule has 0 fully saturated rings. The lowest BCUT2D eigenvalue weighted by Crippen LogP contribution is -2.18. The lowest BCUT2D eigenvalue weighted by Gasteiger charge is -2.07. The average Bonchev–Trinajstić information content (AvgIpc) is 2.41. The van der Waals surface area contributed by atoms with Crippen LogP contribution in [0.1, 0.15) is 5.56 Å². The largest absolute Gasteiger partial charge is 0.310 e. The molecule has 18 heavy (non-hydrogen) atoms. The molecule has 0 spiro atoms. The summed E-state index contributed by atoms with van der Waals surface area (Å²) in [6.07, 6.45) is 1.92. The van der Waals surface area contributed by atoms with Crippen molar-refractivity contribution in [2.24, 2.45) is 0 Å². The summed E-state index contributed by atoms with van der Waals surface area (Å²) in [6, 6.07) is 19.6. The number of benzene rings is 2. The van der Waals surface area contributed by atoms with Crippen LogP contribution >= 0.6 is 0 Å². The molecule has 2 nitrogen and oxygen atoms in total. The third-order valence-electron chi connectivity index (χ3n) is 3.05. The Balaban J connectivity index is 2.07. The van der Waals surface area contributed by atoms with Gasteiger partial charge in [0.2, 0.25) is 0 Å². The zero-order chi connectivity index (χ0) is 12.4. The molecule has 0 aliphatic carbocycles. The van der Waals surface area contributed by atoms with Gasteiger partial charge < -0.3 is 4.57 Å². The Morgan fingerprint density at radius 2 is 1.50 bits per heavy atom. The van der Waals surface area contributed by atoms with Gasteiger partial charge in [-0.1, -0.05) is 54.6 Å². The van der Waals surface area contributed by atoms with Crippen LogP contribution < -0.4 is 5.56 Å². The molecule has 1 aromatic heterocycles. The van der Waals surface area contributed by atoms with Gasteiger partial charge >= 0.3 is 0 Å². The smallest absolute Gasteiger partial charge is 0.251 e. The maximum Gasteiger partial charge on any atom is 0.251 e. The maximum absolute atomic E-state index is 12.0. The molecular formula is C16H13NO. The predicted molar refractivity (Wildman–Crippen MR) is 73.8 cm³/mol. The van der Waals surface area contributed by atoms with Gasteiger partial charge in [-0.25, -0.2) is 0 Å². The lowest BCUT2D eigenvalue weighted by atomic mass is 10.1. The second-order valence-electron chi connectivity index (χ2n) is 4.35. The van der Waals surface area contributed by atoms with Crippen molar-refractivity contribution in [2.75, 3.05) is 0 Å². The standard InChI is InChI=1S/C16H13NO/c18-16-10-14-8-4-5-9-15(14)12-17(16)11-13-6-2-1-3-7-13/h1-10,12H,11H2. The number of rotatable bonds is 2. The molecule has 3 aromatic rings. The Bertz CT molecular complexity index is 729. The Morgan fingerprint density at radius 1 is 0.833 bits per heavy atom. The highest BCUT2D eigenvalue weighted by Gasteiger charge is 2.00. The van der Waals surface area contributed by atoms with Gasteiger partial charge in [0, 0.05) is 12.3 Å². The summed E-state index contributed by atoms with van der Waals surface area (Å²) in [5.74, 6) is 0. The van der Waals surface area contributed by atoms with Gasteiger partial charge in [-0.15, -0.1) is 0 Å². The number of aromatic nitrogens is 1. The first kappa shape index (κ1) is 10.8. The van der Waals surface area contributed by atoms with Gasteiger partial charge in [-0.2, -0.15) is 0 Å². The van der Waals surface area contributed by atoms with Crippen LogP contribution in [0.15, 0.2) is 71.7 Å². The van der Waals surface area contributed by atoms with E-state index < -0.39 is 0 Å². The fourth-order valence-corrected chi connectivity index (χ4v) is 2.11. The number of hydrogen-bond acceptors (Lipinski definition) is 1. The molecule has 0 saturated heterocycles. The highest BCUT2D eigenvalue weighted by atomic mass is 16.1. The quantitative estimate of drug-likeness (QED) is 0.669. The van der Waals surface area contributed by atoms with E-state index in [9.17, 15) is 4.79 Å². The molecule has 1 heterocycles. The monoisotopic (exact) mass is 235 g/mol. The van der Waals surface area contributed by atoms with E-state index in [4.69, 9.17) is 0 Å². The first-order chi connectivity index (χ1) is 8.83. The maximum atomic E-state index is 12.0. The lowest BCUT2D eigenvalue weighted by molar-refractivity contribution is 0.766. The minimum absolute atomic E-state index is 0.0394. The Kier molecular flexibility index (Phi) is 2.69. The Morgan fingerprint density at radius 3 is 2.28 bits per heavy atom. The van der Waals surface area contributed by atoms with E-state index in [1.165, 1.54) is 0 Å². The number of nitrogens with zero attached hydrogens (tertiary/aromatic N) is 1. The summed E-state index contributed by atoms with van der Waals surface area (Å²) in [5.41, 5.74) is 1.17. The third kappa shape index (κ3) is 2.05. The molecule has 0 N–H and O–H groups in total. The molecule has 88 valence electrons. The van der Waals surface area contributed by atoms with Gasteiger partial charge in [0.05, 0.1) is 6.54 Å². The van der Waals surface area contributed by atoms with Crippen molar-refractivity contribution in [3.8, 4) is 0 Å². The minimum atomic E-state index is 0.0394. The van der Waals surface area contributed by atoms with E-state index in [1.54, 1.807) is 10.6 Å². The van der Waals surface area contributed by atoms with E-state index in [-0.39, 0.29) is 5.56 Å². The van der Waals surface area contributed by atoms with Crippen LogP contribution in [0.25, 0.3) is 10.8 Å². The molecular weight excluding hydrogens is 222 g/mol. The van der Waals surface area contributed by atoms with E-state index >= 15 is 0 Å². The van der Waals surface area contributed by atoms with Crippen LogP contribution in [0.2, 0.25) is 0 Å². The second-order valence-corrected chi connectivity index (χ2v) is 4.35. The molecule has 0 atom stereocenters. The number of fused-ring (bicyclic) bond motifs is 1. The molecule has 2 heteroatoms. The van der Waals surface area contributed by atoms with E-state index in [1.807, 2.05) is 60.8 Å². The van der Waals surface area contributed by atoms with Crippen LogP contribution in [-0.4, -0.2) is 4.57 Å². The first-order valence-electron chi connectivity index (χ1n) is 5.96. The fourth-order valence-electron chi connectivity index (χ4n) is 2.11. The minimum Gasteiger partial charge on any atom is -0.310 e. The summed E-state index contributed by atoms with van der Waals surface area (Å²) in [7, 11) is 0. The molecule has 0 bridgehead atoms. The summed E-state index contributed by atoms with van der Waals surface area (Å²) >= 11 is 0. The average molecular weight is 235 g/mol. The van der Waals surface area contributed by atoms with Crippen LogP contribution in [0.5, 0.6) is 0 Å². The normalized spacial score (nSPS) is 10.7. The molecule has 0 amide bonds. The van der Waals surface area contributed by atoms with Gasteiger partial charge in [0.15, 0.2) is 0 Å². The van der Waals surface area contributed by atoms with Crippen molar-refractivity contribution in [2.45, 2.75) is 6.54 Å². The second kappa shape index (κ2) is 4.49. The van der Waals surface area contributed by atoms with Gasteiger partial charge in [-0.3, -0.25) is 4.79 Å². The summed E-state index contributed by atoms with van der Waals surface area (Å²) in [4.78, 5) is 12.0. The highest BCUT2D eigenvalue weighted by molar-refractivity contribution is 5.81. The van der Waals surface area contributed by atoms with Crippen molar-refractivity contribution in [3.63, 3.8) is 0 Å². The SMILES string of the molecule is O=c1cc2ccccc2cn1Cc1ccccc1. The van der Waals surface area contributed by atoms with Crippen LogP contribution in [0, 0.1) is 0 Å². The summed E-state index contributed by atoms with van der Waals surface area (Å²) in [5, 5.41) is 2.08. The molecule has 0 unspecified atom stereocenters. The van der Waals surface area contributed by atoms with Crippen molar-refractivity contribution in [1.82, 2.24) is 4.57 Å². The van der Waals surface area contributed by atoms with Crippen LogP contribution in [0.3, 0.4) is 0 Å². The zero-order valence-electron chi connectivity index (χ0n) is 9.91. The van der Waals surface area contributed by atoms with Crippen molar-refractivity contribution in [3.05, 3.63) is 82.8 Å². The van der Waals surface area contributed by atoms with Crippen molar-refractivity contribution >= 4 is 10.8 Å². The molecule has 0 aliphatic heterocycles. The van der Waals surface area contributed by atoms with E-state index in [0.717, 1.165) is 16.3 Å². The molecule has 0 aliphatic rings. The topological polar surface area (TPSA) is 22.0 Å².